The molecule has 0 bridgehead atoms. The number of sulfonamides is 1. The molecule has 1 aromatic heterocycles. The lowest BCUT2D eigenvalue weighted by atomic mass is 9.57. The van der Waals surface area contributed by atoms with Gasteiger partial charge in [-0.15, -0.1) is 24.0 Å². The van der Waals surface area contributed by atoms with Gasteiger partial charge in [-0.25, -0.2) is 8.42 Å². The number of nitrogens with zero attached hydrogens (tertiary/aromatic N) is 4. The van der Waals surface area contributed by atoms with E-state index in [1.807, 2.05) is 6.92 Å². The average Bonchev–Trinajstić information content (AvgIpc) is 3.35. The zero-order chi connectivity index (χ0) is 20.6. The Morgan fingerprint density at radius 2 is 2.07 bits per heavy atom. The van der Waals surface area contributed by atoms with E-state index in [0.29, 0.717) is 56.5 Å². The number of hydrogen-bond donors (Lipinski definition) is 1. The second-order valence-corrected chi connectivity index (χ2v) is 10.6. The van der Waals surface area contributed by atoms with Crippen LogP contribution in [0.2, 0.25) is 0 Å². The highest BCUT2D eigenvalue weighted by Gasteiger charge is 2.59. The van der Waals surface area contributed by atoms with Gasteiger partial charge < -0.3 is 19.5 Å². The first-order valence-corrected chi connectivity index (χ1v) is 12.0. The molecular formula is C19H32IN5O4S. The van der Waals surface area contributed by atoms with Gasteiger partial charge in [0.05, 0.1) is 11.8 Å². The number of guanidine groups is 1. The molecule has 9 nitrogen and oxygen atoms in total. The summed E-state index contributed by atoms with van der Waals surface area (Å²) in [5.41, 5.74) is 0.501. The molecule has 1 N–H and O–H groups in total. The van der Waals surface area contributed by atoms with Gasteiger partial charge in [0.1, 0.15) is 12.0 Å². The minimum Gasteiger partial charge on any atom is -0.377 e. The molecule has 1 aliphatic carbocycles. The van der Waals surface area contributed by atoms with Gasteiger partial charge >= 0.3 is 0 Å². The van der Waals surface area contributed by atoms with E-state index in [4.69, 9.17) is 14.3 Å². The molecule has 4 rings (SSSR count). The summed E-state index contributed by atoms with van der Waals surface area (Å²) in [4.78, 5) is 6.87. The monoisotopic (exact) mass is 553 g/mol. The fourth-order valence-corrected chi connectivity index (χ4v) is 6.34. The van der Waals surface area contributed by atoms with Gasteiger partial charge in [-0.05, 0) is 13.3 Å². The molecule has 30 heavy (non-hydrogen) atoms. The number of halogens is 1. The molecule has 3 heterocycles. The van der Waals surface area contributed by atoms with E-state index in [0.717, 1.165) is 19.0 Å². The highest BCUT2D eigenvalue weighted by molar-refractivity contribution is 14.0. The van der Waals surface area contributed by atoms with Gasteiger partial charge in [0, 0.05) is 62.8 Å². The average molecular weight is 553 g/mol. The first-order chi connectivity index (χ1) is 13.8. The molecule has 1 aromatic rings. The van der Waals surface area contributed by atoms with Gasteiger partial charge in [-0.2, -0.15) is 4.31 Å². The Balaban J connectivity index is 0.00000256. The van der Waals surface area contributed by atoms with E-state index in [9.17, 15) is 8.42 Å². The summed E-state index contributed by atoms with van der Waals surface area (Å²) >= 11 is 0. The van der Waals surface area contributed by atoms with Crippen LogP contribution in [-0.4, -0.2) is 80.2 Å². The van der Waals surface area contributed by atoms with Crippen LogP contribution in [-0.2, 0) is 20.5 Å². The highest BCUT2D eigenvalue weighted by atomic mass is 127. The Labute approximate surface area is 195 Å². The van der Waals surface area contributed by atoms with Crippen molar-refractivity contribution >= 4 is 40.0 Å². The van der Waals surface area contributed by atoms with Crippen molar-refractivity contribution in [2.24, 2.45) is 16.3 Å². The zero-order valence-corrected chi connectivity index (χ0v) is 20.9. The maximum atomic E-state index is 12.7. The Hall–Kier alpha value is -0.920. The van der Waals surface area contributed by atoms with Crippen LogP contribution in [0.1, 0.15) is 32.9 Å². The van der Waals surface area contributed by atoms with Crippen LogP contribution in [0, 0.1) is 11.3 Å². The lowest BCUT2D eigenvalue weighted by molar-refractivity contribution is -0.107. The van der Waals surface area contributed by atoms with Crippen LogP contribution in [0.15, 0.2) is 21.8 Å². The van der Waals surface area contributed by atoms with Gasteiger partial charge in [0.2, 0.25) is 10.0 Å². The summed E-state index contributed by atoms with van der Waals surface area (Å²) in [7, 11) is -3.41. The van der Waals surface area contributed by atoms with Crippen molar-refractivity contribution in [3.8, 4) is 0 Å². The van der Waals surface area contributed by atoms with Gasteiger partial charge in [0.25, 0.3) is 0 Å². The summed E-state index contributed by atoms with van der Waals surface area (Å²) in [5.74, 6) is 1.28. The summed E-state index contributed by atoms with van der Waals surface area (Å²) in [6.07, 6.45) is 2.80. The van der Waals surface area contributed by atoms with Crippen molar-refractivity contribution in [2.75, 3.05) is 39.3 Å². The second-order valence-electron chi connectivity index (χ2n) is 8.62. The van der Waals surface area contributed by atoms with Crippen LogP contribution in [0.25, 0.3) is 0 Å². The molecule has 170 valence electrons. The molecular weight excluding hydrogens is 521 g/mol. The number of aliphatic imine (C=N–C) groups is 1. The normalized spacial score (nSPS) is 29.1. The maximum Gasteiger partial charge on any atom is 0.220 e. The minimum atomic E-state index is -3.41. The predicted octanol–water partition coefficient (Wildman–Crippen LogP) is 1.52. The molecule has 0 radical (unpaired) electrons. The van der Waals surface area contributed by atoms with Gasteiger partial charge in [-0.1, -0.05) is 19.0 Å². The Bertz CT molecular complexity index is 837. The number of hydrogen-bond acceptors (Lipinski definition) is 6. The van der Waals surface area contributed by atoms with Crippen molar-refractivity contribution < 1.29 is 17.7 Å². The van der Waals surface area contributed by atoms with Gasteiger partial charge in [-0.3, -0.25) is 4.99 Å². The first kappa shape index (κ1) is 23.7. The predicted molar refractivity (Wildman–Crippen MR) is 124 cm³/mol. The van der Waals surface area contributed by atoms with E-state index in [-0.39, 0.29) is 35.1 Å². The largest absolute Gasteiger partial charge is 0.377 e. The number of fused-ring (bicyclic) bond motifs is 1. The fourth-order valence-electron chi connectivity index (χ4n) is 4.91. The number of aromatic nitrogens is 1. The van der Waals surface area contributed by atoms with Crippen molar-refractivity contribution in [3.05, 3.63) is 18.0 Å². The van der Waals surface area contributed by atoms with E-state index >= 15 is 0 Å². The Kier molecular flexibility index (Phi) is 7.35. The minimum absolute atomic E-state index is 0. The van der Waals surface area contributed by atoms with Crippen LogP contribution < -0.4 is 5.32 Å². The van der Waals surface area contributed by atoms with Crippen molar-refractivity contribution in [1.29, 1.82) is 0 Å². The van der Waals surface area contributed by atoms with Crippen LogP contribution in [0.4, 0.5) is 0 Å². The number of ether oxygens (including phenoxy) is 1. The standard InChI is InChI=1S/C19H31N5O4S.HI/c1-4-20-18(21-16-15-6-11-27-17(15)19(16,2)3)23-7-9-24(10-8-23)29(25,26)13-14-5-12-28-22-14;/h5,12,15-17H,4,6-11,13H2,1-3H3,(H,20,21);1H. The molecule has 3 fully saturated rings. The van der Waals surface area contributed by atoms with E-state index in [2.05, 4.69) is 29.2 Å². The van der Waals surface area contributed by atoms with Gasteiger partial charge in [0.15, 0.2) is 5.96 Å². The number of nitrogens with one attached hydrogen (secondary N) is 1. The quantitative estimate of drug-likeness (QED) is 0.335. The van der Waals surface area contributed by atoms with Crippen molar-refractivity contribution in [2.45, 2.75) is 45.1 Å². The number of piperazine rings is 1. The smallest absolute Gasteiger partial charge is 0.220 e. The van der Waals surface area contributed by atoms with Crippen molar-refractivity contribution in [3.63, 3.8) is 0 Å². The maximum absolute atomic E-state index is 12.7. The highest BCUT2D eigenvalue weighted by Crippen LogP contribution is 2.52. The molecule has 3 atom stereocenters. The topological polar surface area (TPSA) is 100 Å². The van der Waals surface area contributed by atoms with E-state index < -0.39 is 10.0 Å². The molecule has 3 aliphatic rings. The number of rotatable bonds is 5. The SMILES string of the molecule is CCN=C(NC1C2CCOC2C1(C)C)N1CCN(S(=O)(=O)Cc2ccon2)CC1.I. The third kappa shape index (κ3) is 4.49. The molecule has 0 aromatic carbocycles. The fraction of sp³-hybridized carbons (Fsp3) is 0.789. The Morgan fingerprint density at radius 3 is 2.70 bits per heavy atom. The molecule has 3 unspecified atom stereocenters. The molecule has 2 saturated heterocycles. The molecule has 2 aliphatic heterocycles. The van der Waals surface area contributed by atoms with Crippen LogP contribution >= 0.6 is 24.0 Å². The third-order valence-electron chi connectivity index (χ3n) is 6.45. The van der Waals surface area contributed by atoms with E-state index in [1.165, 1.54) is 10.6 Å². The lowest BCUT2D eigenvalue weighted by Gasteiger charge is -2.55. The summed E-state index contributed by atoms with van der Waals surface area (Å²) in [6, 6.07) is 1.92. The molecule has 0 spiro atoms. The molecule has 1 saturated carbocycles. The molecule has 0 amide bonds. The zero-order valence-electron chi connectivity index (χ0n) is 17.8. The summed E-state index contributed by atoms with van der Waals surface area (Å²) in [5, 5.41) is 7.40. The Morgan fingerprint density at radius 1 is 1.33 bits per heavy atom. The van der Waals surface area contributed by atoms with Crippen LogP contribution in [0.3, 0.4) is 0 Å². The van der Waals surface area contributed by atoms with Crippen LogP contribution in [0.5, 0.6) is 0 Å². The lowest BCUT2D eigenvalue weighted by Crippen LogP contribution is -2.68. The summed E-state index contributed by atoms with van der Waals surface area (Å²) < 4.78 is 37.5. The first-order valence-electron chi connectivity index (χ1n) is 10.4. The van der Waals surface area contributed by atoms with Crippen molar-refractivity contribution in [1.82, 2.24) is 19.7 Å². The summed E-state index contributed by atoms with van der Waals surface area (Å²) in [6.45, 7) is 10.1. The third-order valence-corrected chi connectivity index (χ3v) is 8.26. The second kappa shape index (κ2) is 9.29. The van der Waals surface area contributed by atoms with E-state index in [1.54, 1.807) is 6.07 Å². The molecule has 11 heteroatoms.